The first-order valence-electron chi connectivity index (χ1n) is 7.64. The van der Waals surface area contributed by atoms with Crippen LogP contribution in [0.4, 0.5) is 0 Å². The smallest absolute Gasteiger partial charge is 0.0991 e. The molecule has 2 aromatic rings. The highest BCUT2D eigenvalue weighted by Crippen LogP contribution is 2.22. The molecule has 1 aliphatic heterocycles. The zero-order valence-electron chi connectivity index (χ0n) is 12.6. The van der Waals surface area contributed by atoms with Crippen LogP contribution in [0.5, 0.6) is 0 Å². The van der Waals surface area contributed by atoms with Crippen LogP contribution < -0.4 is 0 Å². The third-order valence-corrected chi connectivity index (χ3v) is 4.30. The van der Waals surface area contributed by atoms with Crippen molar-refractivity contribution in [1.82, 2.24) is 14.5 Å². The van der Waals surface area contributed by atoms with Crippen LogP contribution in [0.2, 0.25) is 0 Å². The largest absolute Gasteiger partial charge is 0.390 e. The van der Waals surface area contributed by atoms with E-state index in [1.54, 1.807) is 6.20 Å². The molecule has 4 nitrogen and oxygen atoms in total. The van der Waals surface area contributed by atoms with E-state index in [1.165, 1.54) is 5.56 Å². The molecule has 3 rings (SSSR count). The Morgan fingerprint density at radius 3 is 2.71 bits per heavy atom. The molecule has 0 aliphatic carbocycles. The lowest BCUT2D eigenvalue weighted by Crippen LogP contribution is -2.28. The van der Waals surface area contributed by atoms with E-state index in [9.17, 15) is 5.11 Å². The van der Waals surface area contributed by atoms with E-state index in [-0.39, 0.29) is 0 Å². The van der Waals surface area contributed by atoms with E-state index in [2.05, 4.69) is 34.1 Å². The lowest BCUT2D eigenvalue weighted by atomic mass is 9.98. The van der Waals surface area contributed by atoms with Gasteiger partial charge in [-0.2, -0.15) is 0 Å². The Kier molecular flexibility index (Phi) is 4.08. The van der Waals surface area contributed by atoms with E-state index in [4.69, 9.17) is 0 Å². The number of hydrogen-bond acceptors (Lipinski definition) is 3. The van der Waals surface area contributed by atoms with Crippen molar-refractivity contribution in [3.63, 3.8) is 0 Å². The van der Waals surface area contributed by atoms with Gasteiger partial charge in [0, 0.05) is 31.2 Å². The average molecular weight is 285 g/mol. The van der Waals surface area contributed by atoms with Gasteiger partial charge in [0.1, 0.15) is 0 Å². The maximum absolute atomic E-state index is 10.1. The summed E-state index contributed by atoms with van der Waals surface area (Å²) < 4.78 is 2.01. The highest BCUT2D eigenvalue weighted by molar-refractivity contribution is 5.34. The second-order valence-corrected chi connectivity index (χ2v) is 6.26. The topological polar surface area (TPSA) is 41.3 Å². The fourth-order valence-electron chi connectivity index (χ4n) is 2.92. The molecule has 1 unspecified atom stereocenters. The zero-order valence-corrected chi connectivity index (χ0v) is 12.6. The molecule has 4 heteroatoms. The van der Waals surface area contributed by atoms with Gasteiger partial charge in [0.25, 0.3) is 0 Å². The van der Waals surface area contributed by atoms with Crippen molar-refractivity contribution in [3.05, 3.63) is 48.5 Å². The molecule has 1 saturated heterocycles. The second kappa shape index (κ2) is 6.00. The Morgan fingerprint density at radius 2 is 2.00 bits per heavy atom. The van der Waals surface area contributed by atoms with Gasteiger partial charge in [-0.25, -0.2) is 4.98 Å². The lowest BCUT2D eigenvalue weighted by Gasteiger charge is -2.22. The molecule has 1 aromatic heterocycles. The van der Waals surface area contributed by atoms with Crippen LogP contribution in [0.1, 0.15) is 31.7 Å². The van der Waals surface area contributed by atoms with Gasteiger partial charge in [0.15, 0.2) is 0 Å². The Balaban J connectivity index is 1.63. The summed E-state index contributed by atoms with van der Waals surface area (Å²) in [4.78, 5) is 6.51. The van der Waals surface area contributed by atoms with Crippen LogP contribution >= 0.6 is 0 Å². The van der Waals surface area contributed by atoms with Gasteiger partial charge in [-0.15, -0.1) is 0 Å². The molecule has 1 aliphatic rings. The predicted molar refractivity (Wildman–Crippen MR) is 83.3 cm³/mol. The van der Waals surface area contributed by atoms with Crippen molar-refractivity contribution in [3.8, 4) is 5.69 Å². The summed E-state index contributed by atoms with van der Waals surface area (Å²) >= 11 is 0. The normalized spacial score (nSPS) is 23.9. The summed E-state index contributed by atoms with van der Waals surface area (Å²) in [6, 6.07) is 8.62. The fraction of sp³-hybridized carbons (Fsp3) is 0.471. The van der Waals surface area contributed by atoms with E-state index in [0.29, 0.717) is 0 Å². The molecule has 0 saturated carbocycles. The molecule has 112 valence electrons. The van der Waals surface area contributed by atoms with Crippen LogP contribution in [-0.4, -0.2) is 38.2 Å². The van der Waals surface area contributed by atoms with Crippen molar-refractivity contribution in [1.29, 1.82) is 0 Å². The number of likely N-dealkylation sites (tertiary alicyclic amines) is 1. The van der Waals surface area contributed by atoms with Gasteiger partial charge in [0.2, 0.25) is 0 Å². The van der Waals surface area contributed by atoms with Crippen LogP contribution in [0.15, 0.2) is 43.0 Å². The van der Waals surface area contributed by atoms with Gasteiger partial charge in [-0.1, -0.05) is 12.1 Å². The molecule has 1 atom stereocenters. The Morgan fingerprint density at radius 1 is 1.19 bits per heavy atom. The van der Waals surface area contributed by atoms with Gasteiger partial charge < -0.3 is 9.67 Å². The van der Waals surface area contributed by atoms with Crippen molar-refractivity contribution < 1.29 is 5.11 Å². The SMILES string of the molecule is CC1(O)CCCN(Cc2ccc(-n3ccnc3)cc2)CC1. The lowest BCUT2D eigenvalue weighted by molar-refractivity contribution is 0.0444. The first-order valence-corrected chi connectivity index (χ1v) is 7.64. The van der Waals surface area contributed by atoms with Crippen molar-refractivity contribution in [2.45, 2.75) is 38.3 Å². The molecular formula is C17H23N3O. The van der Waals surface area contributed by atoms with Crippen LogP contribution in [0.3, 0.4) is 0 Å². The quantitative estimate of drug-likeness (QED) is 0.942. The summed E-state index contributed by atoms with van der Waals surface area (Å²) in [5.74, 6) is 0. The van der Waals surface area contributed by atoms with E-state index < -0.39 is 5.60 Å². The van der Waals surface area contributed by atoms with Crippen molar-refractivity contribution in [2.75, 3.05) is 13.1 Å². The van der Waals surface area contributed by atoms with Crippen molar-refractivity contribution in [2.24, 2.45) is 0 Å². The molecule has 0 radical (unpaired) electrons. The zero-order chi connectivity index (χ0) is 14.7. The van der Waals surface area contributed by atoms with Crippen molar-refractivity contribution >= 4 is 0 Å². The Labute approximate surface area is 126 Å². The number of aromatic nitrogens is 2. The molecule has 0 spiro atoms. The third-order valence-electron chi connectivity index (χ3n) is 4.30. The number of rotatable bonds is 3. The first-order chi connectivity index (χ1) is 10.1. The fourth-order valence-corrected chi connectivity index (χ4v) is 2.92. The van der Waals surface area contributed by atoms with E-state index >= 15 is 0 Å². The highest BCUT2D eigenvalue weighted by atomic mass is 16.3. The molecule has 1 aromatic carbocycles. The average Bonchev–Trinajstić information content (AvgIpc) is 2.94. The van der Waals surface area contributed by atoms with Crippen LogP contribution in [-0.2, 0) is 6.54 Å². The Bertz CT molecular complexity index is 560. The number of imidazole rings is 1. The maximum atomic E-state index is 10.1. The summed E-state index contributed by atoms with van der Waals surface area (Å²) in [5, 5.41) is 10.1. The van der Waals surface area contributed by atoms with Gasteiger partial charge in [-0.3, -0.25) is 4.90 Å². The van der Waals surface area contributed by atoms with Gasteiger partial charge in [-0.05, 0) is 50.4 Å². The Hall–Kier alpha value is -1.65. The summed E-state index contributed by atoms with van der Waals surface area (Å²) in [6.45, 7) is 4.95. The standard InChI is InChI=1S/C17H23N3O/c1-17(21)7-2-10-19(11-8-17)13-15-3-5-16(6-4-15)20-12-9-18-14-20/h3-6,9,12,14,21H,2,7-8,10-11,13H2,1H3. The van der Waals surface area contributed by atoms with E-state index in [0.717, 1.165) is 44.6 Å². The van der Waals surface area contributed by atoms with Gasteiger partial charge in [0.05, 0.1) is 11.9 Å². The second-order valence-electron chi connectivity index (χ2n) is 6.26. The number of benzene rings is 1. The number of hydrogen-bond donors (Lipinski definition) is 1. The summed E-state index contributed by atoms with van der Waals surface area (Å²) in [5.41, 5.74) is 1.97. The van der Waals surface area contributed by atoms with Gasteiger partial charge >= 0.3 is 0 Å². The van der Waals surface area contributed by atoms with Crippen LogP contribution in [0.25, 0.3) is 5.69 Å². The first kappa shape index (κ1) is 14.3. The maximum Gasteiger partial charge on any atom is 0.0991 e. The monoisotopic (exact) mass is 285 g/mol. The molecule has 2 heterocycles. The van der Waals surface area contributed by atoms with E-state index in [1.807, 2.05) is 24.0 Å². The molecule has 1 fully saturated rings. The third kappa shape index (κ3) is 3.71. The predicted octanol–water partition coefficient (Wildman–Crippen LogP) is 2.61. The minimum absolute atomic E-state index is 0.486. The molecule has 0 amide bonds. The summed E-state index contributed by atoms with van der Waals surface area (Å²) in [7, 11) is 0. The molecular weight excluding hydrogens is 262 g/mol. The minimum atomic E-state index is -0.486. The summed E-state index contributed by atoms with van der Waals surface area (Å²) in [6.07, 6.45) is 8.39. The molecule has 1 N–H and O–H groups in total. The highest BCUT2D eigenvalue weighted by Gasteiger charge is 2.24. The molecule has 21 heavy (non-hydrogen) atoms. The minimum Gasteiger partial charge on any atom is -0.390 e. The number of nitrogens with zero attached hydrogens (tertiary/aromatic N) is 3. The van der Waals surface area contributed by atoms with Crippen LogP contribution in [0, 0.1) is 0 Å². The number of aliphatic hydroxyl groups is 1. The molecule has 0 bridgehead atoms.